The Kier molecular flexibility index (Phi) is 5.79. The lowest BCUT2D eigenvalue weighted by Crippen LogP contribution is -2.35. The van der Waals surface area contributed by atoms with Gasteiger partial charge in [0.05, 0.1) is 11.3 Å². The van der Waals surface area contributed by atoms with Gasteiger partial charge in [-0.1, -0.05) is 41.4 Å². The highest BCUT2D eigenvalue weighted by molar-refractivity contribution is 6.31. The Morgan fingerprint density at radius 1 is 1.14 bits per heavy atom. The van der Waals surface area contributed by atoms with Crippen molar-refractivity contribution in [2.24, 2.45) is 0 Å². The van der Waals surface area contributed by atoms with Crippen LogP contribution in [0.4, 0.5) is 4.79 Å². The quantitative estimate of drug-likeness (QED) is 0.578. The molecule has 1 aliphatic carbocycles. The molecule has 5 nitrogen and oxygen atoms in total. The molecule has 1 heterocycles. The fourth-order valence-electron chi connectivity index (χ4n) is 3.61. The molecule has 0 atom stereocenters. The first-order valence-corrected chi connectivity index (χ1v) is 10.4. The molecule has 4 rings (SSSR count). The number of aromatic nitrogens is 2. The summed E-state index contributed by atoms with van der Waals surface area (Å²) in [6, 6.07) is 13.4. The van der Waals surface area contributed by atoms with Gasteiger partial charge in [-0.25, -0.2) is 9.89 Å². The maximum atomic E-state index is 12.8. The monoisotopic (exact) mass is 429 g/mol. The summed E-state index contributed by atoms with van der Waals surface area (Å²) in [4.78, 5) is 14.5. The van der Waals surface area contributed by atoms with E-state index in [4.69, 9.17) is 27.9 Å². The van der Waals surface area contributed by atoms with Crippen LogP contribution in [0.3, 0.4) is 0 Å². The van der Waals surface area contributed by atoms with Crippen molar-refractivity contribution in [3.8, 4) is 17.0 Å². The fourth-order valence-corrected chi connectivity index (χ4v) is 3.93. The Morgan fingerprint density at radius 2 is 1.90 bits per heavy atom. The number of carbonyl (C=O) groups excluding carboxylic acids is 1. The second-order valence-corrected chi connectivity index (χ2v) is 7.87. The zero-order chi connectivity index (χ0) is 20.4. The number of amides is 1. The van der Waals surface area contributed by atoms with Gasteiger partial charge in [0.1, 0.15) is 0 Å². The topological polar surface area (TPSA) is 58.2 Å². The van der Waals surface area contributed by atoms with Crippen molar-refractivity contribution in [3.63, 3.8) is 0 Å². The molecule has 1 N–H and O–H groups in total. The van der Waals surface area contributed by atoms with E-state index in [1.807, 2.05) is 49.4 Å². The van der Waals surface area contributed by atoms with Gasteiger partial charge in [0.15, 0.2) is 0 Å². The predicted molar refractivity (Wildman–Crippen MR) is 115 cm³/mol. The number of halogens is 2. The van der Waals surface area contributed by atoms with E-state index in [1.165, 1.54) is 0 Å². The molecule has 1 amide bonds. The molecule has 2 aromatic carbocycles. The van der Waals surface area contributed by atoms with E-state index < -0.39 is 6.09 Å². The minimum atomic E-state index is -0.394. The van der Waals surface area contributed by atoms with Crippen molar-refractivity contribution in [1.82, 2.24) is 15.1 Å². The number of benzene rings is 2. The van der Waals surface area contributed by atoms with Crippen molar-refractivity contribution in [1.29, 1.82) is 0 Å². The molecule has 0 saturated heterocycles. The Hall–Kier alpha value is -2.50. The van der Waals surface area contributed by atoms with E-state index in [0.29, 0.717) is 29.0 Å². The van der Waals surface area contributed by atoms with Gasteiger partial charge in [0.25, 0.3) is 0 Å². The number of rotatable bonds is 5. The molecule has 0 aliphatic heterocycles. The molecule has 3 aromatic rings. The van der Waals surface area contributed by atoms with Crippen LogP contribution in [0, 0.1) is 0 Å². The zero-order valence-corrected chi connectivity index (χ0v) is 17.6. The number of fused-ring (bicyclic) bond motifs is 3. The number of nitrogens with one attached hydrogen (secondary N) is 1. The van der Waals surface area contributed by atoms with E-state index in [-0.39, 0.29) is 0 Å². The Balaban J connectivity index is 1.49. The highest BCUT2D eigenvalue weighted by Crippen LogP contribution is 2.39. The van der Waals surface area contributed by atoms with Gasteiger partial charge in [-0.15, -0.1) is 0 Å². The number of carbonyl (C=O) groups is 1. The van der Waals surface area contributed by atoms with Gasteiger partial charge >= 0.3 is 6.09 Å². The smallest absolute Gasteiger partial charge is 0.391 e. The average Bonchev–Trinajstić information content (AvgIpc) is 3.12. The maximum Gasteiger partial charge on any atom is 0.416 e. The molecule has 1 aliphatic rings. The first kappa shape index (κ1) is 19.8. The van der Waals surface area contributed by atoms with Crippen molar-refractivity contribution >= 4 is 29.3 Å². The van der Waals surface area contributed by atoms with E-state index in [9.17, 15) is 4.79 Å². The summed E-state index contributed by atoms with van der Waals surface area (Å²) >= 11 is 12.1. The van der Waals surface area contributed by atoms with Gasteiger partial charge in [0, 0.05) is 23.1 Å². The van der Waals surface area contributed by atoms with Gasteiger partial charge in [0.2, 0.25) is 5.88 Å². The Bertz CT molecular complexity index is 1030. The average molecular weight is 430 g/mol. The van der Waals surface area contributed by atoms with E-state index in [0.717, 1.165) is 47.2 Å². The van der Waals surface area contributed by atoms with E-state index in [2.05, 4.69) is 10.2 Å². The van der Waals surface area contributed by atoms with Crippen molar-refractivity contribution in [2.45, 2.75) is 26.2 Å². The molecule has 1 aromatic heterocycles. The van der Waals surface area contributed by atoms with Crippen molar-refractivity contribution < 1.29 is 9.53 Å². The van der Waals surface area contributed by atoms with Crippen LogP contribution in [-0.4, -0.2) is 34.3 Å². The van der Waals surface area contributed by atoms with Crippen molar-refractivity contribution in [2.75, 3.05) is 13.1 Å². The lowest BCUT2D eigenvalue weighted by molar-refractivity contribution is 0.153. The first-order valence-electron chi connectivity index (χ1n) is 9.62. The summed E-state index contributed by atoms with van der Waals surface area (Å²) in [5.41, 5.74) is 5.03. The second kappa shape index (κ2) is 8.47. The summed E-state index contributed by atoms with van der Waals surface area (Å²) < 4.78 is 5.72. The number of hydrogen-bond donors (Lipinski definition) is 1. The molecular weight excluding hydrogens is 409 g/mol. The molecule has 150 valence electrons. The van der Waals surface area contributed by atoms with Gasteiger partial charge in [-0.05, 0) is 67.1 Å². The number of hydrogen-bond acceptors (Lipinski definition) is 3. The summed E-state index contributed by atoms with van der Waals surface area (Å²) in [6.07, 6.45) is 1.98. The van der Waals surface area contributed by atoms with Crippen LogP contribution >= 0.6 is 23.2 Å². The third kappa shape index (κ3) is 4.26. The molecule has 0 fully saturated rings. The number of aryl methyl sites for hydroxylation is 2. The third-order valence-corrected chi connectivity index (χ3v) is 5.68. The molecule has 0 radical (unpaired) electrons. The SMILES string of the molecule is CCN(CCc1ccc(Cl)cc1)C(=O)Oc1[nH]nc2c1-c1ccc(Cl)cc1CC2. The van der Waals surface area contributed by atoms with Gasteiger partial charge in [-0.2, -0.15) is 5.10 Å². The standard InChI is InChI=1S/C22H21Cl2N3O2/c1-2-27(12-11-14-3-6-16(23)7-4-14)22(28)29-21-20-18-9-8-17(24)13-15(18)5-10-19(20)25-26-21/h3-4,6-9,13H,2,5,10-12H2,1H3,(H,25,26). The maximum absolute atomic E-state index is 12.8. The Labute approximate surface area is 179 Å². The van der Waals surface area contributed by atoms with E-state index >= 15 is 0 Å². The summed E-state index contributed by atoms with van der Waals surface area (Å²) in [5, 5.41) is 8.65. The van der Waals surface area contributed by atoms with Gasteiger partial charge in [-0.3, -0.25) is 0 Å². The van der Waals surface area contributed by atoms with Crippen LogP contribution in [0.1, 0.15) is 23.7 Å². The molecule has 7 heteroatoms. The molecule has 0 spiro atoms. The number of H-pyrrole nitrogens is 1. The van der Waals surface area contributed by atoms with Crippen LogP contribution in [0.15, 0.2) is 42.5 Å². The molecule has 0 saturated carbocycles. The number of nitrogens with zero attached hydrogens (tertiary/aromatic N) is 2. The number of ether oxygens (including phenoxy) is 1. The Morgan fingerprint density at radius 3 is 2.66 bits per heavy atom. The molecule has 0 bridgehead atoms. The molecule has 0 unspecified atom stereocenters. The fraction of sp³-hybridized carbons (Fsp3) is 0.273. The van der Waals surface area contributed by atoms with Crippen LogP contribution in [0.2, 0.25) is 10.0 Å². The first-order chi connectivity index (χ1) is 14.0. The van der Waals surface area contributed by atoms with Gasteiger partial charge < -0.3 is 9.64 Å². The predicted octanol–water partition coefficient (Wildman–Crippen LogP) is 5.55. The van der Waals surface area contributed by atoms with Crippen molar-refractivity contribution in [3.05, 3.63) is 69.3 Å². The summed E-state index contributed by atoms with van der Waals surface area (Å²) in [6.45, 7) is 3.04. The number of aromatic amines is 1. The highest BCUT2D eigenvalue weighted by atomic mass is 35.5. The summed E-state index contributed by atoms with van der Waals surface area (Å²) in [7, 11) is 0. The van der Waals surface area contributed by atoms with Crippen LogP contribution < -0.4 is 4.74 Å². The lowest BCUT2D eigenvalue weighted by atomic mass is 9.90. The lowest BCUT2D eigenvalue weighted by Gasteiger charge is -2.21. The van der Waals surface area contributed by atoms with Crippen LogP contribution in [-0.2, 0) is 19.3 Å². The second-order valence-electron chi connectivity index (χ2n) is 7.00. The minimum absolute atomic E-state index is 0.387. The van der Waals surface area contributed by atoms with Crippen LogP contribution in [0.5, 0.6) is 5.88 Å². The number of likely N-dealkylation sites (N-methyl/N-ethyl adjacent to an activating group) is 1. The third-order valence-electron chi connectivity index (χ3n) is 5.19. The molecular formula is C22H21Cl2N3O2. The highest BCUT2D eigenvalue weighted by Gasteiger charge is 2.26. The van der Waals surface area contributed by atoms with Crippen LogP contribution in [0.25, 0.3) is 11.1 Å². The zero-order valence-electron chi connectivity index (χ0n) is 16.0. The van der Waals surface area contributed by atoms with E-state index in [1.54, 1.807) is 4.90 Å². The minimum Gasteiger partial charge on any atom is -0.391 e. The summed E-state index contributed by atoms with van der Waals surface area (Å²) in [5.74, 6) is 0.387. The normalized spacial score (nSPS) is 12.2. The molecule has 29 heavy (non-hydrogen) atoms. The largest absolute Gasteiger partial charge is 0.416 e.